The maximum Gasteiger partial charge on any atom is 0.255 e. The van der Waals surface area contributed by atoms with Gasteiger partial charge in [-0.25, -0.2) is 0 Å². The topological polar surface area (TPSA) is 20.3 Å². The zero-order valence-corrected chi connectivity index (χ0v) is 12.6. The highest BCUT2D eigenvalue weighted by atomic mass is 32.2. The number of thioether (sulfide) groups is 1. The predicted octanol–water partition coefficient (Wildman–Crippen LogP) is 4.45. The first-order valence-corrected chi connectivity index (χ1v) is 8.37. The molecule has 3 heteroatoms. The molecule has 2 heterocycles. The Morgan fingerprint density at radius 2 is 1.64 bits per heavy atom. The van der Waals surface area contributed by atoms with E-state index in [4.69, 9.17) is 0 Å². The molecule has 0 aromatic heterocycles. The minimum atomic E-state index is 0.0737. The van der Waals surface area contributed by atoms with Gasteiger partial charge in [0.05, 0.1) is 11.9 Å². The van der Waals surface area contributed by atoms with Gasteiger partial charge in [-0.3, -0.25) is 4.79 Å². The van der Waals surface area contributed by atoms with Crippen molar-refractivity contribution in [3.63, 3.8) is 0 Å². The Morgan fingerprint density at radius 3 is 2.50 bits per heavy atom. The van der Waals surface area contributed by atoms with Crippen molar-refractivity contribution in [1.82, 2.24) is 4.90 Å². The molecule has 0 saturated heterocycles. The van der Waals surface area contributed by atoms with Gasteiger partial charge in [-0.2, -0.15) is 0 Å². The lowest BCUT2D eigenvalue weighted by molar-refractivity contribution is 0.0779. The molecule has 5 rings (SSSR count). The van der Waals surface area contributed by atoms with Gasteiger partial charge >= 0.3 is 0 Å². The normalized spacial score (nSPS) is 19.0. The Kier molecular flexibility index (Phi) is 2.44. The third-order valence-corrected chi connectivity index (χ3v) is 5.66. The summed E-state index contributed by atoms with van der Waals surface area (Å²) in [5, 5.41) is 2.50. The van der Waals surface area contributed by atoms with Crippen LogP contribution >= 0.6 is 11.8 Å². The van der Waals surface area contributed by atoms with Crippen molar-refractivity contribution in [1.29, 1.82) is 0 Å². The molecule has 3 aromatic rings. The number of rotatable bonds is 0. The summed E-state index contributed by atoms with van der Waals surface area (Å²) in [5.74, 6) is 0.885. The average Bonchev–Trinajstić information content (AvgIpc) is 2.87. The summed E-state index contributed by atoms with van der Waals surface area (Å²) in [6.07, 6.45) is 0. The van der Waals surface area contributed by atoms with Crippen molar-refractivity contribution in [2.24, 2.45) is 0 Å². The highest BCUT2D eigenvalue weighted by Crippen LogP contribution is 2.47. The van der Waals surface area contributed by atoms with Crippen LogP contribution < -0.4 is 0 Å². The Hall–Kier alpha value is -2.26. The standard InChI is InChI=1S/C19H13NOS/c21-19-15-8-4-3-7-14(15)18-16-9-12-5-1-2-6-13(12)10-17(16)22-11-20(18)19/h1-10,18H,11H2. The molecule has 2 aliphatic heterocycles. The number of hydrogen-bond acceptors (Lipinski definition) is 2. The van der Waals surface area contributed by atoms with E-state index < -0.39 is 0 Å². The summed E-state index contributed by atoms with van der Waals surface area (Å²) in [4.78, 5) is 15.9. The summed E-state index contributed by atoms with van der Waals surface area (Å²) in [6, 6.07) is 21.0. The maximum absolute atomic E-state index is 12.6. The monoisotopic (exact) mass is 303 g/mol. The van der Waals surface area contributed by atoms with Crippen molar-refractivity contribution >= 4 is 28.4 Å². The van der Waals surface area contributed by atoms with Gasteiger partial charge in [-0.1, -0.05) is 42.5 Å². The highest BCUT2D eigenvalue weighted by molar-refractivity contribution is 7.99. The first-order chi connectivity index (χ1) is 10.8. The molecule has 22 heavy (non-hydrogen) atoms. The lowest BCUT2D eigenvalue weighted by Crippen LogP contribution is -2.31. The fourth-order valence-electron chi connectivity index (χ4n) is 3.55. The summed E-state index contributed by atoms with van der Waals surface area (Å²) in [5.41, 5.74) is 3.26. The maximum atomic E-state index is 12.6. The van der Waals surface area contributed by atoms with Gasteiger partial charge in [0.2, 0.25) is 0 Å². The van der Waals surface area contributed by atoms with Crippen LogP contribution in [0.2, 0.25) is 0 Å². The fourth-order valence-corrected chi connectivity index (χ4v) is 4.65. The summed E-state index contributed by atoms with van der Waals surface area (Å²) < 4.78 is 0. The number of carbonyl (C=O) groups excluding carboxylic acids is 1. The predicted molar refractivity (Wildman–Crippen MR) is 89.1 cm³/mol. The molecular weight excluding hydrogens is 290 g/mol. The fraction of sp³-hybridized carbons (Fsp3) is 0.105. The van der Waals surface area contributed by atoms with Gasteiger partial charge in [0.25, 0.3) is 5.91 Å². The van der Waals surface area contributed by atoms with Crippen LogP contribution in [0.25, 0.3) is 10.8 Å². The Balaban J connectivity index is 1.79. The number of hydrogen-bond donors (Lipinski definition) is 0. The zero-order valence-electron chi connectivity index (χ0n) is 11.8. The van der Waals surface area contributed by atoms with Crippen molar-refractivity contribution in [3.05, 3.63) is 77.4 Å². The van der Waals surface area contributed by atoms with Crippen LogP contribution in [0.4, 0.5) is 0 Å². The van der Waals surface area contributed by atoms with Gasteiger partial charge in [-0.15, -0.1) is 11.8 Å². The minimum absolute atomic E-state index is 0.0737. The molecule has 0 spiro atoms. The first kappa shape index (κ1) is 12.3. The SMILES string of the molecule is O=C1c2ccccc2C2c3cc4ccccc4cc3SCN12. The molecule has 0 fully saturated rings. The summed E-state index contributed by atoms with van der Waals surface area (Å²) in [7, 11) is 0. The molecular formula is C19H13NOS. The molecule has 0 bridgehead atoms. The van der Waals surface area contributed by atoms with Crippen molar-refractivity contribution < 1.29 is 4.79 Å². The average molecular weight is 303 g/mol. The number of benzene rings is 3. The van der Waals surface area contributed by atoms with Crippen LogP contribution in [-0.2, 0) is 0 Å². The van der Waals surface area contributed by atoms with Gasteiger partial charge in [0, 0.05) is 10.5 Å². The number of nitrogens with zero attached hydrogens (tertiary/aromatic N) is 1. The summed E-state index contributed by atoms with van der Waals surface area (Å²) in [6.45, 7) is 0. The number of fused-ring (bicyclic) bond motifs is 6. The second-order valence-corrected chi connectivity index (χ2v) is 6.76. The van der Waals surface area contributed by atoms with E-state index in [0.717, 1.165) is 17.0 Å². The molecule has 0 saturated carbocycles. The Bertz CT molecular complexity index is 934. The number of amides is 1. The van der Waals surface area contributed by atoms with E-state index in [2.05, 4.69) is 42.5 Å². The lowest BCUT2D eigenvalue weighted by Gasteiger charge is -2.32. The van der Waals surface area contributed by atoms with Gasteiger partial charge in [0.1, 0.15) is 0 Å². The second kappa shape index (κ2) is 4.37. The van der Waals surface area contributed by atoms with Gasteiger partial charge < -0.3 is 4.90 Å². The third-order valence-electron chi connectivity index (χ3n) is 4.59. The van der Waals surface area contributed by atoms with Crippen LogP contribution in [0.1, 0.15) is 27.5 Å². The third kappa shape index (κ3) is 1.54. The van der Waals surface area contributed by atoms with Crippen LogP contribution in [0.5, 0.6) is 0 Å². The molecule has 1 amide bonds. The van der Waals surface area contributed by atoms with E-state index in [-0.39, 0.29) is 11.9 Å². The molecule has 2 aliphatic rings. The van der Waals surface area contributed by atoms with E-state index in [1.165, 1.54) is 21.2 Å². The molecule has 0 radical (unpaired) electrons. The Morgan fingerprint density at radius 1 is 0.909 bits per heavy atom. The highest BCUT2D eigenvalue weighted by Gasteiger charge is 2.40. The van der Waals surface area contributed by atoms with E-state index in [1.54, 1.807) is 11.8 Å². The van der Waals surface area contributed by atoms with Crippen LogP contribution in [0.15, 0.2) is 65.6 Å². The molecule has 1 atom stereocenters. The lowest BCUT2D eigenvalue weighted by atomic mass is 9.95. The number of carbonyl (C=O) groups is 1. The summed E-state index contributed by atoms with van der Waals surface area (Å²) >= 11 is 1.76. The van der Waals surface area contributed by atoms with E-state index >= 15 is 0 Å². The Labute approximate surface area is 132 Å². The smallest absolute Gasteiger partial charge is 0.255 e. The van der Waals surface area contributed by atoms with E-state index in [9.17, 15) is 4.79 Å². The van der Waals surface area contributed by atoms with Crippen LogP contribution in [0.3, 0.4) is 0 Å². The zero-order chi connectivity index (χ0) is 14.7. The molecule has 2 nitrogen and oxygen atoms in total. The van der Waals surface area contributed by atoms with E-state index in [1.807, 2.05) is 23.1 Å². The minimum Gasteiger partial charge on any atom is -0.318 e. The van der Waals surface area contributed by atoms with E-state index in [0.29, 0.717) is 0 Å². The van der Waals surface area contributed by atoms with Crippen molar-refractivity contribution in [2.45, 2.75) is 10.9 Å². The molecule has 106 valence electrons. The largest absolute Gasteiger partial charge is 0.318 e. The molecule has 1 unspecified atom stereocenters. The van der Waals surface area contributed by atoms with Crippen LogP contribution in [0, 0.1) is 0 Å². The van der Waals surface area contributed by atoms with Crippen molar-refractivity contribution in [3.8, 4) is 0 Å². The molecule has 0 N–H and O–H groups in total. The van der Waals surface area contributed by atoms with Gasteiger partial charge in [0.15, 0.2) is 0 Å². The molecule has 3 aromatic carbocycles. The van der Waals surface area contributed by atoms with Crippen molar-refractivity contribution in [2.75, 3.05) is 5.88 Å². The quantitative estimate of drug-likeness (QED) is 0.611. The molecule has 0 aliphatic carbocycles. The van der Waals surface area contributed by atoms with Gasteiger partial charge in [-0.05, 0) is 40.1 Å². The first-order valence-electron chi connectivity index (χ1n) is 7.38. The second-order valence-electron chi connectivity index (χ2n) is 5.78. The van der Waals surface area contributed by atoms with Crippen LogP contribution in [-0.4, -0.2) is 16.7 Å².